The Morgan fingerprint density at radius 2 is 2.10 bits per heavy atom. The molecule has 0 fully saturated rings. The third kappa shape index (κ3) is 3.61. The van der Waals surface area contributed by atoms with Gasteiger partial charge >= 0.3 is 0 Å². The van der Waals surface area contributed by atoms with Crippen LogP contribution in [0.2, 0.25) is 0 Å². The second kappa shape index (κ2) is 7.53. The molecule has 0 aromatic carbocycles. The lowest BCUT2D eigenvalue weighted by Gasteiger charge is -2.17. The second-order valence-corrected chi connectivity index (χ2v) is 4.93. The van der Waals surface area contributed by atoms with Gasteiger partial charge in [-0.15, -0.1) is 11.6 Å². The number of likely N-dealkylation sites (N-methyl/N-ethyl adjacent to an activating group) is 1. The maximum absolute atomic E-state index is 5.99. The predicted octanol–water partition coefficient (Wildman–Crippen LogP) is 1.15. The Bertz CT molecular complexity index is 589. The largest absolute Gasteiger partial charge is 0.479 e. The zero-order valence-corrected chi connectivity index (χ0v) is 13.3. The first-order valence-electron chi connectivity index (χ1n) is 6.68. The molecule has 2 heterocycles. The number of rotatable bonds is 8. The summed E-state index contributed by atoms with van der Waals surface area (Å²) in [4.78, 5) is 15.0. The molecule has 0 aliphatic heterocycles. The van der Waals surface area contributed by atoms with E-state index in [0.717, 1.165) is 31.1 Å². The van der Waals surface area contributed by atoms with Crippen molar-refractivity contribution in [3.8, 4) is 5.88 Å². The van der Waals surface area contributed by atoms with Crippen LogP contribution in [0.25, 0.3) is 11.2 Å². The highest BCUT2D eigenvalue weighted by molar-refractivity contribution is 6.16. The normalized spacial score (nSPS) is 11.5. The zero-order valence-electron chi connectivity index (χ0n) is 12.5. The van der Waals surface area contributed by atoms with Crippen molar-refractivity contribution in [1.82, 2.24) is 24.4 Å². The van der Waals surface area contributed by atoms with Crippen LogP contribution >= 0.6 is 11.6 Å². The van der Waals surface area contributed by atoms with Crippen molar-refractivity contribution >= 4 is 22.8 Å². The summed E-state index contributed by atoms with van der Waals surface area (Å²) in [5.41, 5.74) is 1.40. The van der Waals surface area contributed by atoms with E-state index in [9.17, 15) is 0 Å². The van der Waals surface area contributed by atoms with Gasteiger partial charge in [0.15, 0.2) is 11.2 Å². The molecule has 2 aromatic heterocycles. The molecule has 0 amide bonds. The lowest BCUT2D eigenvalue weighted by Crippen LogP contribution is -2.27. The van der Waals surface area contributed by atoms with E-state index >= 15 is 0 Å². The molecule has 0 saturated heterocycles. The van der Waals surface area contributed by atoms with Crippen molar-refractivity contribution in [2.24, 2.45) is 0 Å². The Balaban J connectivity index is 2.22. The SMILES string of the molecule is COCCN(C)CCn1c(CCl)nc2c(OC)ncnc21. The van der Waals surface area contributed by atoms with E-state index < -0.39 is 0 Å². The molecule has 0 unspecified atom stereocenters. The number of ether oxygens (including phenoxy) is 2. The number of alkyl halides is 1. The molecule has 116 valence electrons. The van der Waals surface area contributed by atoms with Crippen LogP contribution in [0.5, 0.6) is 5.88 Å². The van der Waals surface area contributed by atoms with E-state index in [-0.39, 0.29) is 0 Å². The average Bonchev–Trinajstić information content (AvgIpc) is 2.88. The summed E-state index contributed by atoms with van der Waals surface area (Å²) in [5.74, 6) is 1.56. The number of methoxy groups -OCH3 is 2. The van der Waals surface area contributed by atoms with Crippen molar-refractivity contribution < 1.29 is 9.47 Å². The third-order valence-electron chi connectivity index (χ3n) is 3.27. The van der Waals surface area contributed by atoms with Gasteiger partial charge in [0, 0.05) is 26.7 Å². The van der Waals surface area contributed by atoms with E-state index in [1.807, 2.05) is 11.6 Å². The standard InChI is InChI=1S/C13H20ClN5O2/c1-18(6-7-20-2)4-5-19-10(8-14)17-11-12(19)15-9-16-13(11)21-3/h9H,4-8H2,1-3H3. The van der Waals surface area contributed by atoms with Crippen molar-refractivity contribution in [1.29, 1.82) is 0 Å². The number of aromatic nitrogens is 4. The molecule has 2 aromatic rings. The highest BCUT2D eigenvalue weighted by Crippen LogP contribution is 2.22. The zero-order chi connectivity index (χ0) is 15.2. The maximum atomic E-state index is 5.99. The Kier molecular flexibility index (Phi) is 5.72. The highest BCUT2D eigenvalue weighted by atomic mass is 35.5. The molecule has 0 N–H and O–H groups in total. The Hall–Kier alpha value is -1.44. The fraction of sp³-hybridized carbons (Fsp3) is 0.615. The van der Waals surface area contributed by atoms with Crippen LogP contribution in [0.1, 0.15) is 5.82 Å². The van der Waals surface area contributed by atoms with Gasteiger partial charge in [0.1, 0.15) is 12.2 Å². The van der Waals surface area contributed by atoms with E-state index in [2.05, 4.69) is 19.9 Å². The van der Waals surface area contributed by atoms with E-state index in [1.165, 1.54) is 6.33 Å². The van der Waals surface area contributed by atoms with Gasteiger partial charge in [-0.3, -0.25) is 0 Å². The summed E-state index contributed by atoms with van der Waals surface area (Å²) in [7, 11) is 5.32. The minimum atomic E-state index is 0.321. The molecule has 2 rings (SSSR count). The van der Waals surface area contributed by atoms with Gasteiger partial charge in [-0.05, 0) is 7.05 Å². The van der Waals surface area contributed by atoms with Gasteiger partial charge in [0.25, 0.3) is 0 Å². The second-order valence-electron chi connectivity index (χ2n) is 4.66. The Labute approximate surface area is 128 Å². The van der Waals surface area contributed by atoms with E-state index in [4.69, 9.17) is 21.1 Å². The minimum Gasteiger partial charge on any atom is -0.479 e. The first-order valence-corrected chi connectivity index (χ1v) is 7.22. The van der Waals surface area contributed by atoms with Gasteiger partial charge in [-0.1, -0.05) is 0 Å². The van der Waals surface area contributed by atoms with Gasteiger partial charge in [-0.25, -0.2) is 9.97 Å². The number of hydrogen-bond acceptors (Lipinski definition) is 6. The van der Waals surface area contributed by atoms with Gasteiger partial charge in [-0.2, -0.15) is 4.98 Å². The summed E-state index contributed by atoms with van der Waals surface area (Å²) < 4.78 is 12.3. The summed E-state index contributed by atoms with van der Waals surface area (Å²) in [6, 6.07) is 0. The summed E-state index contributed by atoms with van der Waals surface area (Å²) >= 11 is 5.99. The van der Waals surface area contributed by atoms with Gasteiger partial charge in [0.05, 0.1) is 19.6 Å². The first-order chi connectivity index (χ1) is 10.2. The van der Waals surface area contributed by atoms with Crippen molar-refractivity contribution in [2.75, 3.05) is 41.0 Å². The van der Waals surface area contributed by atoms with Crippen LogP contribution in [0.3, 0.4) is 0 Å². The fourth-order valence-electron chi connectivity index (χ4n) is 2.08. The lowest BCUT2D eigenvalue weighted by atomic mass is 10.4. The van der Waals surface area contributed by atoms with Gasteiger partial charge < -0.3 is 18.9 Å². The molecule has 21 heavy (non-hydrogen) atoms. The number of nitrogens with zero attached hydrogens (tertiary/aromatic N) is 5. The first kappa shape index (κ1) is 15.9. The molecule has 0 spiro atoms. The van der Waals surface area contributed by atoms with Crippen LogP contribution < -0.4 is 4.74 Å². The lowest BCUT2D eigenvalue weighted by molar-refractivity contribution is 0.159. The van der Waals surface area contributed by atoms with Crippen LogP contribution in [-0.2, 0) is 17.2 Å². The van der Waals surface area contributed by atoms with E-state index in [1.54, 1.807) is 14.2 Å². The summed E-state index contributed by atoms with van der Waals surface area (Å²) in [5, 5.41) is 0. The van der Waals surface area contributed by atoms with Crippen molar-refractivity contribution in [3.05, 3.63) is 12.2 Å². The summed E-state index contributed by atoms with van der Waals surface area (Å²) in [6.07, 6.45) is 1.48. The maximum Gasteiger partial charge on any atom is 0.245 e. The Morgan fingerprint density at radius 1 is 1.29 bits per heavy atom. The van der Waals surface area contributed by atoms with Crippen molar-refractivity contribution in [2.45, 2.75) is 12.4 Å². The molecule has 0 saturated carbocycles. The van der Waals surface area contributed by atoms with E-state index in [0.29, 0.717) is 23.9 Å². The minimum absolute atomic E-state index is 0.321. The Morgan fingerprint density at radius 3 is 2.76 bits per heavy atom. The van der Waals surface area contributed by atoms with Crippen LogP contribution in [-0.4, -0.2) is 65.4 Å². The average molecular weight is 314 g/mol. The topological polar surface area (TPSA) is 65.3 Å². The van der Waals surface area contributed by atoms with Crippen molar-refractivity contribution in [3.63, 3.8) is 0 Å². The van der Waals surface area contributed by atoms with Gasteiger partial charge in [0.2, 0.25) is 5.88 Å². The third-order valence-corrected chi connectivity index (χ3v) is 3.51. The molecule has 8 heteroatoms. The highest BCUT2D eigenvalue weighted by Gasteiger charge is 2.15. The molecule has 0 atom stereocenters. The monoisotopic (exact) mass is 313 g/mol. The molecule has 0 aliphatic rings. The molecule has 0 aliphatic carbocycles. The van der Waals surface area contributed by atoms with Crippen LogP contribution in [0.15, 0.2) is 6.33 Å². The van der Waals surface area contributed by atoms with Crippen LogP contribution in [0.4, 0.5) is 0 Å². The number of halogens is 1. The molecule has 0 bridgehead atoms. The number of hydrogen-bond donors (Lipinski definition) is 0. The quantitative estimate of drug-likeness (QED) is 0.681. The number of fused-ring (bicyclic) bond motifs is 1. The fourth-order valence-corrected chi connectivity index (χ4v) is 2.28. The predicted molar refractivity (Wildman–Crippen MR) is 80.8 cm³/mol. The molecule has 7 nitrogen and oxygen atoms in total. The molecule has 0 radical (unpaired) electrons. The van der Waals surface area contributed by atoms with Crippen LogP contribution in [0, 0.1) is 0 Å². The molecular formula is C13H20ClN5O2. The smallest absolute Gasteiger partial charge is 0.245 e. The molecular weight excluding hydrogens is 294 g/mol. The number of imidazole rings is 1. The summed E-state index contributed by atoms with van der Waals surface area (Å²) in [6.45, 7) is 3.18.